The Bertz CT molecular complexity index is 839. The van der Waals surface area contributed by atoms with E-state index < -0.39 is 0 Å². The highest BCUT2D eigenvalue weighted by molar-refractivity contribution is 7.17. The number of amides is 1. The molecule has 24 heavy (non-hydrogen) atoms. The molecule has 1 amide bonds. The highest BCUT2D eigenvalue weighted by Gasteiger charge is 2.14. The number of fused-ring (bicyclic) bond motifs is 1. The first-order valence-electron chi connectivity index (χ1n) is 8.03. The highest BCUT2D eigenvalue weighted by Crippen LogP contribution is 2.36. The molecule has 0 saturated heterocycles. The zero-order chi connectivity index (χ0) is 16.9. The molecule has 0 atom stereocenters. The summed E-state index contributed by atoms with van der Waals surface area (Å²) in [4.78, 5) is 11.1. The van der Waals surface area contributed by atoms with Crippen LogP contribution in [-0.2, 0) is 17.6 Å². The van der Waals surface area contributed by atoms with Gasteiger partial charge in [0.1, 0.15) is 5.75 Å². The third-order valence-electron chi connectivity index (χ3n) is 4.09. The minimum Gasteiger partial charge on any atom is -0.496 e. The summed E-state index contributed by atoms with van der Waals surface area (Å²) in [5.41, 5.74) is 3.76. The van der Waals surface area contributed by atoms with E-state index in [0.717, 1.165) is 18.6 Å². The van der Waals surface area contributed by atoms with Crippen molar-refractivity contribution in [2.24, 2.45) is 0 Å². The molecule has 3 nitrogen and oxygen atoms in total. The number of ether oxygens (including phenoxy) is 1. The molecule has 0 spiro atoms. The van der Waals surface area contributed by atoms with Gasteiger partial charge in [0.25, 0.3) is 0 Å². The Balaban J connectivity index is 2.00. The predicted octanol–water partition coefficient (Wildman–Crippen LogP) is 4.18. The van der Waals surface area contributed by atoms with E-state index in [1.54, 1.807) is 25.4 Å². The van der Waals surface area contributed by atoms with Crippen molar-refractivity contribution in [1.82, 2.24) is 5.32 Å². The number of nitrogens with one attached hydrogen (secondary N) is 1. The predicted molar refractivity (Wildman–Crippen MR) is 100 cm³/mol. The van der Waals surface area contributed by atoms with Crippen LogP contribution in [0.1, 0.15) is 23.6 Å². The summed E-state index contributed by atoms with van der Waals surface area (Å²) in [5, 5.41) is 6.35. The Kier molecular flexibility index (Phi) is 5.16. The van der Waals surface area contributed by atoms with Gasteiger partial charge in [-0.05, 0) is 35.1 Å². The maximum atomic E-state index is 11.1. The fourth-order valence-electron chi connectivity index (χ4n) is 2.97. The molecular formula is C20H21NO2S. The lowest BCUT2D eigenvalue weighted by molar-refractivity contribution is -0.118. The van der Waals surface area contributed by atoms with Crippen LogP contribution >= 0.6 is 11.3 Å². The Morgan fingerprint density at radius 2 is 1.96 bits per heavy atom. The van der Waals surface area contributed by atoms with E-state index in [-0.39, 0.29) is 5.91 Å². The molecule has 0 bridgehead atoms. The molecule has 2 aromatic carbocycles. The second-order valence-electron chi connectivity index (χ2n) is 5.78. The standard InChI is InChI=1S/C20H21NO2S/c1-14(22)21-11-10-16-13-24-19-9-8-18(23-2)17(20(16)19)12-15-6-4-3-5-7-15/h3-9,13H,10-12H2,1-2H3,(H,21,22). The lowest BCUT2D eigenvalue weighted by Gasteiger charge is -2.12. The number of thiophene rings is 1. The Morgan fingerprint density at radius 1 is 1.17 bits per heavy atom. The second kappa shape index (κ2) is 7.49. The van der Waals surface area contributed by atoms with Crippen molar-refractivity contribution >= 4 is 27.3 Å². The second-order valence-corrected chi connectivity index (χ2v) is 6.69. The van der Waals surface area contributed by atoms with Crippen LogP contribution in [0.2, 0.25) is 0 Å². The van der Waals surface area contributed by atoms with Crippen molar-refractivity contribution in [3.8, 4) is 5.75 Å². The first-order chi connectivity index (χ1) is 11.7. The van der Waals surface area contributed by atoms with E-state index in [1.165, 1.54) is 26.8 Å². The fraction of sp³-hybridized carbons (Fsp3) is 0.250. The maximum Gasteiger partial charge on any atom is 0.216 e. The Morgan fingerprint density at radius 3 is 2.67 bits per heavy atom. The monoisotopic (exact) mass is 339 g/mol. The van der Waals surface area contributed by atoms with E-state index in [0.29, 0.717) is 6.54 Å². The SMILES string of the molecule is COc1ccc2scc(CCNC(C)=O)c2c1Cc1ccccc1. The van der Waals surface area contributed by atoms with Gasteiger partial charge in [-0.15, -0.1) is 11.3 Å². The summed E-state index contributed by atoms with van der Waals surface area (Å²) in [6.45, 7) is 2.21. The van der Waals surface area contributed by atoms with Crippen LogP contribution in [0.25, 0.3) is 10.1 Å². The van der Waals surface area contributed by atoms with Gasteiger partial charge in [-0.1, -0.05) is 30.3 Å². The van der Waals surface area contributed by atoms with Crippen molar-refractivity contribution < 1.29 is 9.53 Å². The van der Waals surface area contributed by atoms with Gasteiger partial charge in [0, 0.05) is 35.5 Å². The molecule has 1 aromatic heterocycles. The third-order valence-corrected chi connectivity index (χ3v) is 5.09. The number of rotatable bonds is 6. The average Bonchev–Trinajstić information content (AvgIpc) is 2.99. The summed E-state index contributed by atoms with van der Waals surface area (Å²) in [6, 6.07) is 14.6. The topological polar surface area (TPSA) is 38.3 Å². The molecule has 1 heterocycles. The Labute approximate surface area is 146 Å². The molecule has 0 saturated carbocycles. The molecule has 0 aliphatic rings. The third kappa shape index (κ3) is 3.60. The molecule has 1 N–H and O–H groups in total. The maximum absolute atomic E-state index is 11.1. The number of carbonyl (C=O) groups excluding carboxylic acids is 1. The van der Waals surface area contributed by atoms with Gasteiger partial charge in [0.2, 0.25) is 5.91 Å². The Hall–Kier alpha value is -2.33. The molecule has 0 aliphatic carbocycles. The molecule has 0 fully saturated rings. The van der Waals surface area contributed by atoms with Crippen molar-refractivity contribution in [3.63, 3.8) is 0 Å². The van der Waals surface area contributed by atoms with Crippen LogP contribution in [0.15, 0.2) is 47.8 Å². The smallest absolute Gasteiger partial charge is 0.216 e. The first-order valence-corrected chi connectivity index (χ1v) is 8.91. The molecule has 0 radical (unpaired) electrons. The van der Waals surface area contributed by atoms with Crippen LogP contribution in [0.4, 0.5) is 0 Å². The van der Waals surface area contributed by atoms with Gasteiger partial charge in [-0.2, -0.15) is 0 Å². The molecule has 4 heteroatoms. The summed E-state index contributed by atoms with van der Waals surface area (Å²) in [7, 11) is 1.72. The summed E-state index contributed by atoms with van der Waals surface area (Å²) in [5.74, 6) is 0.933. The number of hydrogen-bond donors (Lipinski definition) is 1. The summed E-state index contributed by atoms with van der Waals surface area (Å²) < 4.78 is 6.89. The first kappa shape index (κ1) is 16.5. The van der Waals surface area contributed by atoms with E-state index in [9.17, 15) is 4.79 Å². The molecule has 0 unspecified atom stereocenters. The van der Waals surface area contributed by atoms with Crippen LogP contribution in [0.5, 0.6) is 5.75 Å². The van der Waals surface area contributed by atoms with E-state index in [2.05, 4.69) is 47.1 Å². The molecule has 0 aliphatic heterocycles. The van der Waals surface area contributed by atoms with Crippen molar-refractivity contribution in [3.05, 3.63) is 64.5 Å². The van der Waals surface area contributed by atoms with Gasteiger partial charge in [0.05, 0.1) is 7.11 Å². The average molecular weight is 339 g/mol. The van der Waals surface area contributed by atoms with Crippen molar-refractivity contribution in [1.29, 1.82) is 0 Å². The van der Waals surface area contributed by atoms with Crippen LogP contribution < -0.4 is 10.1 Å². The van der Waals surface area contributed by atoms with Gasteiger partial charge in [0.15, 0.2) is 0 Å². The van der Waals surface area contributed by atoms with Gasteiger partial charge < -0.3 is 10.1 Å². The number of methoxy groups -OCH3 is 1. The lowest BCUT2D eigenvalue weighted by atomic mass is 9.97. The lowest BCUT2D eigenvalue weighted by Crippen LogP contribution is -2.22. The van der Waals surface area contributed by atoms with Crippen LogP contribution in [0.3, 0.4) is 0 Å². The van der Waals surface area contributed by atoms with Crippen LogP contribution in [-0.4, -0.2) is 19.6 Å². The van der Waals surface area contributed by atoms with Gasteiger partial charge in [-0.3, -0.25) is 4.79 Å². The minimum absolute atomic E-state index is 0.0108. The number of hydrogen-bond acceptors (Lipinski definition) is 3. The van der Waals surface area contributed by atoms with E-state index in [1.807, 2.05) is 6.07 Å². The van der Waals surface area contributed by atoms with E-state index >= 15 is 0 Å². The summed E-state index contributed by atoms with van der Waals surface area (Å²) in [6.07, 6.45) is 1.67. The van der Waals surface area contributed by atoms with Gasteiger partial charge >= 0.3 is 0 Å². The molecule has 3 rings (SSSR count). The molecular weight excluding hydrogens is 318 g/mol. The number of benzene rings is 2. The quantitative estimate of drug-likeness (QED) is 0.732. The largest absolute Gasteiger partial charge is 0.496 e. The highest BCUT2D eigenvalue weighted by atomic mass is 32.1. The minimum atomic E-state index is 0.0108. The van der Waals surface area contributed by atoms with Crippen molar-refractivity contribution in [2.75, 3.05) is 13.7 Å². The van der Waals surface area contributed by atoms with E-state index in [4.69, 9.17) is 4.74 Å². The molecule has 3 aromatic rings. The van der Waals surface area contributed by atoms with Crippen LogP contribution in [0, 0.1) is 0 Å². The fourth-order valence-corrected chi connectivity index (χ4v) is 4.00. The summed E-state index contributed by atoms with van der Waals surface area (Å²) >= 11 is 1.75. The number of carbonyl (C=O) groups is 1. The zero-order valence-corrected chi connectivity index (χ0v) is 14.8. The molecule has 124 valence electrons. The van der Waals surface area contributed by atoms with Crippen molar-refractivity contribution in [2.45, 2.75) is 19.8 Å². The normalized spacial score (nSPS) is 10.8. The zero-order valence-electron chi connectivity index (χ0n) is 14.0. The van der Waals surface area contributed by atoms with Gasteiger partial charge in [-0.25, -0.2) is 0 Å².